The quantitative estimate of drug-likeness (QED) is 0.811. The van der Waals surface area contributed by atoms with Crippen molar-refractivity contribution in [2.24, 2.45) is 11.8 Å². The zero-order valence-corrected chi connectivity index (χ0v) is 10.9. The van der Waals surface area contributed by atoms with E-state index in [9.17, 15) is 0 Å². The molecule has 98 valence electrons. The summed E-state index contributed by atoms with van der Waals surface area (Å²) in [5.41, 5.74) is 6.51. The Morgan fingerprint density at radius 3 is 2.94 bits per heavy atom. The van der Waals surface area contributed by atoms with Gasteiger partial charge in [0.15, 0.2) is 0 Å². The second kappa shape index (κ2) is 4.67. The fraction of sp³-hybridized carbons (Fsp3) is 0.643. The summed E-state index contributed by atoms with van der Waals surface area (Å²) in [5, 5.41) is 3.44. The number of anilines is 2. The number of aromatic nitrogens is 1. The maximum atomic E-state index is 5.88. The number of pyridine rings is 1. The monoisotopic (exact) mass is 247 g/mol. The van der Waals surface area contributed by atoms with Crippen LogP contribution in [0.15, 0.2) is 12.1 Å². The third-order valence-electron chi connectivity index (χ3n) is 3.82. The van der Waals surface area contributed by atoms with Crippen molar-refractivity contribution in [2.75, 3.05) is 17.7 Å². The Bertz CT molecular complexity index is 431. The fourth-order valence-corrected chi connectivity index (χ4v) is 2.19. The summed E-state index contributed by atoms with van der Waals surface area (Å²) in [7, 11) is 0. The molecule has 2 fully saturated rings. The van der Waals surface area contributed by atoms with E-state index in [4.69, 9.17) is 10.5 Å². The second-order valence-electron chi connectivity index (χ2n) is 5.50. The zero-order valence-electron chi connectivity index (χ0n) is 10.9. The normalized spacial score (nSPS) is 25.8. The number of nitrogen functional groups attached to an aromatic ring is 1. The highest BCUT2D eigenvalue weighted by molar-refractivity contribution is 5.54. The highest BCUT2D eigenvalue weighted by atomic mass is 16.5. The molecule has 2 atom stereocenters. The molecule has 2 saturated carbocycles. The lowest BCUT2D eigenvalue weighted by Crippen LogP contribution is -2.09. The van der Waals surface area contributed by atoms with Gasteiger partial charge in [-0.1, -0.05) is 13.3 Å². The van der Waals surface area contributed by atoms with Gasteiger partial charge in [0, 0.05) is 6.04 Å². The Morgan fingerprint density at radius 1 is 1.44 bits per heavy atom. The molecule has 2 aliphatic carbocycles. The Hall–Kier alpha value is -1.45. The summed E-state index contributed by atoms with van der Waals surface area (Å²) >= 11 is 0. The van der Waals surface area contributed by atoms with E-state index in [-0.39, 0.29) is 0 Å². The minimum atomic E-state index is 0.584. The van der Waals surface area contributed by atoms with Gasteiger partial charge in [0.05, 0.1) is 12.3 Å². The molecule has 0 aliphatic heterocycles. The van der Waals surface area contributed by atoms with Crippen LogP contribution in [0.3, 0.4) is 0 Å². The summed E-state index contributed by atoms with van der Waals surface area (Å²) in [6, 6.07) is 4.40. The molecule has 0 radical (unpaired) electrons. The minimum absolute atomic E-state index is 0.584. The number of hydrogen-bond donors (Lipinski definition) is 2. The number of nitrogens with two attached hydrogens (primary N) is 1. The lowest BCUT2D eigenvalue weighted by molar-refractivity contribution is 0.290. The molecule has 0 bridgehead atoms. The first-order valence-corrected chi connectivity index (χ1v) is 6.92. The van der Waals surface area contributed by atoms with Gasteiger partial charge in [-0.15, -0.1) is 0 Å². The van der Waals surface area contributed by atoms with E-state index in [1.165, 1.54) is 25.7 Å². The molecular formula is C14H21N3O. The SMILES string of the molecule is CCC1CC1Nc1ccc(N)c(OCC2CC2)n1. The van der Waals surface area contributed by atoms with Crippen molar-refractivity contribution in [3.8, 4) is 5.88 Å². The average Bonchev–Trinajstić information content (AvgIpc) is 3.24. The number of nitrogens with one attached hydrogen (secondary N) is 1. The van der Waals surface area contributed by atoms with Crippen LogP contribution in [-0.2, 0) is 0 Å². The lowest BCUT2D eigenvalue weighted by Gasteiger charge is -2.10. The van der Waals surface area contributed by atoms with E-state index in [2.05, 4.69) is 17.2 Å². The molecule has 18 heavy (non-hydrogen) atoms. The summed E-state index contributed by atoms with van der Waals surface area (Å²) < 4.78 is 5.68. The van der Waals surface area contributed by atoms with Gasteiger partial charge in [-0.3, -0.25) is 0 Å². The molecule has 4 heteroatoms. The van der Waals surface area contributed by atoms with Crippen LogP contribution >= 0.6 is 0 Å². The second-order valence-corrected chi connectivity index (χ2v) is 5.50. The summed E-state index contributed by atoms with van der Waals surface area (Å²) in [4.78, 5) is 4.46. The third-order valence-corrected chi connectivity index (χ3v) is 3.82. The van der Waals surface area contributed by atoms with Crippen molar-refractivity contribution in [2.45, 2.75) is 38.6 Å². The molecule has 1 heterocycles. The Labute approximate surface area is 108 Å². The highest BCUT2D eigenvalue weighted by Crippen LogP contribution is 2.36. The first-order valence-electron chi connectivity index (χ1n) is 6.92. The molecule has 2 unspecified atom stereocenters. The van der Waals surface area contributed by atoms with Crippen LogP contribution in [0, 0.1) is 11.8 Å². The smallest absolute Gasteiger partial charge is 0.239 e. The van der Waals surface area contributed by atoms with Crippen LogP contribution in [0.2, 0.25) is 0 Å². The third kappa shape index (κ3) is 2.68. The average molecular weight is 247 g/mol. The molecule has 0 amide bonds. The van der Waals surface area contributed by atoms with E-state index in [1.54, 1.807) is 0 Å². The predicted molar refractivity (Wildman–Crippen MR) is 72.7 cm³/mol. The maximum absolute atomic E-state index is 5.88. The van der Waals surface area contributed by atoms with Crippen molar-refractivity contribution < 1.29 is 4.74 Å². The summed E-state index contributed by atoms with van der Waals surface area (Å²) in [6.45, 7) is 2.98. The van der Waals surface area contributed by atoms with E-state index in [0.717, 1.165) is 24.3 Å². The molecule has 2 aliphatic rings. The van der Waals surface area contributed by atoms with E-state index in [1.807, 2.05) is 12.1 Å². The van der Waals surface area contributed by atoms with Crippen LogP contribution in [0.4, 0.5) is 11.5 Å². The van der Waals surface area contributed by atoms with E-state index < -0.39 is 0 Å². The zero-order chi connectivity index (χ0) is 12.5. The van der Waals surface area contributed by atoms with Gasteiger partial charge in [-0.25, -0.2) is 0 Å². The number of hydrogen-bond acceptors (Lipinski definition) is 4. The Morgan fingerprint density at radius 2 is 2.28 bits per heavy atom. The molecular weight excluding hydrogens is 226 g/mol. The van der Waals surface area contributed by atoms with Crippen LogP contribution in [0.5, 0.6) is 5.88 Å². The molecule has 0 spiro atoms. The molecule has 1 aromatic rings. The van der Waals surface area contributed by atoms with Gasteiger partial charge < -0.3 is 15.8 Å². The number of nitrogens with zero attached hydrogens (tertiary/aromatic N) is 1. The summed E-state index contributed by atoms with van der Waals surface area (Å²) in [6.07, 6.45) is 5.04. The van der Waals surface area contributed by atoms with Gasteiger partial charge in [-0.2, -0.15) is 4.98 Å². The largest absolute Gasteiger partial charge is 0.476 e. The fourth-order valence-electron chi connectivity index (χ4n) is 2.19. The van der Waals surface area contributed by atoms with Crippen molar-refractivity contribution in [1.29, 1.82) is 0 Å². The predicted octanol–water partition coefficient (Wildman–Crippen LogP) is 2.66. The maximum Gasteiger partial charge on any atom is 0.239 e. The van der Waals surface area contributed by atoms with Crippen LogP contribution < -0.4 is 15.8 Å². The molecule has 3 N–H and O–H groups in total. The van der Waals surface area contributed by atoms with Gasteiger partial charge in [-0.05, 0) is 43.2 Å². The molecule has 0 aromatic carbocycles. The first kappa shape index (κ1) is 11.6. The highest BCUT2D eigenvalue weighted by Gasteiger charge is 2.35. The standard InChI is InChI=1S/C14H21N3O/c1-2-10-7-12(10)16-13-6-5-11(15)14(17-13)18-8-9-3-4-9/h5-6,9-10,12H,2-4,7-8,15H2,1H3,(H,16,17). The molecule has 3 rings (SSSR count). The molecule has 1 aromatic heterocycles. The number of ether oxygens (including phenoxy) is 1. The van der Waals surface area contributed by atoms with E-state index >= 15 is 0 Å². The van der Waals surface area contributed by atoms with Crippen molar-refractivity contribution in [3.63, 3.8) is 0 Å². The van der Waals surface area contributed by atoms with Gasteiger partial charge in [0.2, 0.25) is 5.88 Å². The Kier molecular flexibility index (Phi) is 3.02. The first-order chi connectivity index (χ1) is 8.76. The Balaban J connectivity index is 1.61. The van der Waals surface area contributed by atoms with Crippen molar-refractivity contribution in [1.82, 2.24) is 4.98 Å². The topological polar surface area (TPSA) is 60.2 Å². The van der Waals surface area contributed by atoms with Crippen molar-refractivity contribution >= 4 is 11.5 Å². The summed E-state index contributed by atoms with van der Waals surface area (Å²) in [5.74, 6) is 2.99. The van der Waals surface area contributed by atoms with Crippen LogP contribution in [0.25, 0.3) is 0 Å². The van der Waals surface area contributed by atoms with Gasteiger partial charge in [0.1, 0.15) is 5.82 Å². The van der Waals surface area contributed by atoms with E-state index in [0.29, 0.717) is 17.6 Å². The van der Waals surface area contributed by atoms with Crippen molar-refractivity contribution in [3.05, 3.63) is 12.1 Å². The number of rotatable bonds is 6. The van der Waals surface area contributed by atoms with Crippen LogP contribution in [-0.4, -0.2) is 17.6 Å². The molecule has 4 nitrogen and oxygen atoms in total. The van der Waals surface area contributed by atoms with Crippen LogP contribution in [0.1, 0.15) is 32.6 Å². The van der Waals surface area contributed by atoms with Gasteiger partial charge >= 0.3 is 0 Å². The minimum Gasteiger partial charge on any atom is -0.476 e. The molecule has 0 saturated heterocycles. The lowest BCUT2D eigenvalue weighted by atomic mass is 10.3. The van der Waals surface area contributed by atoms with Gasteiger partial charge in [0.25, 0.3) is 0 Å².